The summed E-state index contributed by atoms with van der Waals surface area (Å²) >= 11 is 0. The van der Waals surface area contributed by atoms with E-state index in [9.17, 15) is 13.6 Å². The lowest BCUT2D eigenvalue weighted by atomic mass is 9.87. The van der Waals surface area contributed by atoms with E-state index in [2.05, 4.69) is 4.98 Å². The van der Waals surface area contributed by atoms with Crippen molar-refractivity contribution >= 4 is 25.2 Å². The van der Waals surface area contributed by atoms with Crippen LogP contribution in [0.15, 0.2) is 30.1 Å². The van der Waals surface area contributed by atoms with E-state index in [1.807, 2.05) is 39.8 Å². The predicted octanol–water partition coefficient (Wildman–Crippen LogP) is 2.75. The largest absolute Gasteiger partial charge is 0.264 e. The summed E-state index contributed by atoms with van der Waals surface area (Å²) in [5.74, 6) is 0.276. The minimum Gasteiger partial charge on any atom is -0.264 e. The molecule has 2 heterocycles. The highest BCUT2D eigenvalue weighted by Crippen LogP contribution is 2.49. The molecule has 0 bridgehead atoms. The Labute approximate surface area is 135 Å². The first-order valence-electron chi connectivity index (χ1n) is 6.94. The van der Waals surface area contributed by atoms with Crippen LogP contribution in [0.3, 0.4) is 0 Å². The molecule has 1 aromatic rings. The number of rotatable bonds is 4. The Morgan fingerprint density at radius 2 is 1.86 bits per heavy atom. The van der Waals surface area contributed by atoms with E-state index in [4.69, 9.17) is 0 Å². The second-order valence-electron chi connectivity index (χ2n) is 6.47. The molecule has 5 nitrogen and oxygen atoms in total. The zero-order valence-electron chi connectivity index (χ0n) is 13.5. The van der Waals surface area contributed by atoms with Crippen LogP contribution >= 0.6 is 10.8 Å². The average Bonchev–Trinajstić information content (AvgIpc) is 2.54. The van der Waals surface area contributed by atoms with E-state index < -0.39 is 19.9 Å². The molecular weight excluding hydrogens is 320 g/mol. The summed E-state index contributed by atoms with van der Waals surface area (Å²) in [6, 6.07) is 3.73. The second kappa shape index (κ2) is 5.63. The molecule has 0 spiro atoms. The molecule has 0 fully saturated rings. The summed E-state index contributed by atoms with van der Waals surface area (Å²) in [5, 5.41) is 13.8. The maximum Gasteiger partial charge on any atom is 0.199 e. The molecule has 1 aliphatic rings. The fourth-order valence-corrected chi connectivity index (χ4v) is 4.88. The maximum absolute atomic E-state index is 12.8. The minimum absolute atomic E-state index is 0.276. The third kappa shape index (κ3) is 3.08. The second-order valence-corrected chi connectivity index (χ2v) is 10.9. The first kappa shape index (κ1) is 17.5. The van der Waals surface area contributed by atoms with Crippen molar-refractivity contribution in [2.45, 2.75) is 38.8 Å². The number of pyridine rings is 1. The van der Waals surface area contributed by atoms with Crippen LogP contribution < -0.4 is 0 Å². The number of hydrogen-bond acceptors (Lipinski definition) is 5. The summed E-state index contributed by atoms with van der Waals surface area (Å²) in [6.07, 6.45) is 4.58. The lowest BCUT2D eigenvalue weighted by molar-refractivity contribution is -0.236. The first-order valence-corrected chi connectivity index (χ1v) is 10.3. The van der Waals surface area contributed by atoms with Crippen molar-refractivity contribution in [3.63, 3.8) is 0 Å². The van der Waals surface area contributed by atoms with Crippen molar-refractivity contribution in [1.29, 1.82) is 0 Å². The van der Waals surface area contributed by atoms with Gasteiger partial charge in [-0.05, 0) is 61.3 Å². The molecule has 1 aliphatic heterocycles. The zero-order valence-corrected chi connectivity index (χ0v) is 15.1. The highest BCUT2D eigenvalue weighted by atomic mass is 33.1. The normalized spacial score (nSPS) is 21.4. The summed E-state index contributed by atoms with van der Waals surface area (Å²) < 4.78 is 23.0. The summed E-state index contributed by atoms with van der Waals surface area (Å²) in [7, 11) is -2.31. The molecule has 0 aromatic carbocycles. The van der Waals surface area contributed by atoms with E-state index in [0.29, 0.717) is 0 Å². The molecule has 0 amide bonds. The molecule has 0 saturated carbocycles. The monoisotopic (exact) mass is 341 g/mol. The quantitative estimate of drug-likeness (QED) is 0.788. The molecule has 0 atom stereocenters. The number of nitrogens with zero attached hydrogens (tertiary/aromatic N) is 2. The van der Waals surface area contributed by atoms with Crippen LogP contribution in [0.2, 0.25) is 0 Å². The van der Waals surface area contributed by atoms with Crippen molar-refractivity contribution in [3.8, 4) is 0 Å². The van der Waals surface area contributed by atoms with Gasteiger partial charge < -0.3 is 0 Å². The molecule has 22 heavy (non-hydrogen) atoms. The van der Waals surface area contributed by atoms with Gasteiger partial charge in [-0.1, -0.05) is 6.07 Å². The molecular formula is C15H21N2O3S2. The van der Waals surface area contributed by atoms with Crippen molar-refractivity contribution in [2.75, 3.05) is 12.0 Å². The fourth-order valence-electron chi connectivity index (χ4n) is 3.05. The Bertz CT molecular complexity index is 695. The van der Waals surface area contributed by atoms with Gasteiger partial charge in [-0.25, -0.2) is 8.42 Å². The highest BCUT2D eigenvalue weighted by molar-refractivity contribution is 8.71. The lowest BCUT2D eigenvalue weighted by Gasteiger charge is -2.34. The van der Waals surface area contributed by atoms with Gasteiger partial charge in [0.2, 0.25) is 0 Å². The fraction of sp³-hybridized carbons (Fsp3) is 0.533. The van der Waals surface area contributed by atoms with Gasteiger partial charge in [0.1, 0.15) is 0 Å². The van der Waals surface area contributed by atoms with Crippen molar-refractivity contribution < 1.29 is 13.6 Å². The Morgan fingerprint density at radius 3 is 2.36 bits per heavy atom. The van der Waals surface area contributed by atoms with E-state index in [0.717, 1.165) is 32.6 Å². The number of hydrogen-bond donors (Lipinski definition) is 0. The van der Waals surface area contributed by atoms with Crippen LogP contribution in [0.1, 0.15) is 33.3 Å². The molecule has 7 heteroatoms. The molecule has 1 aromatic heterocycles. The third-order valence-electron chi connectivity index (χ3n) is 4.04. The van der Waals surface area contributed by atoms with Crippen LogP contribution in [-0.4, -0.2) is 41.6 Å². The molecule has 0 aliphatic carbocycles. The number of aromatic nitrogens is 1. The van der Waals surface area contributed by atoms with Crippen molar-refractivity contribution in [1.82, 2.24) is 10.0 Å². The van der Waals surface area contributed by atoms with Crippen molar-refractivity contribution in [2.24, 2.45) is 0 Å². The summed E-state index contributed by atoms with van der Waals surface area (Å²) in [4.78, 5) is 4.13. The SMILES string of the molecule is CC1(C)C(CSS(C)(=O)=O)=C(c2cccnc2)C(C)(C)N1[O]. The van der Waals surface area contributed by atoms with Crippen LogP contribution in [-0.2, 0) is 14.1 Å². The Kier molecular flexibility index (Phi) is 4.47. The van der Waals surface area contributed by atoms with E-state index in [1.54, 1.807) is 12.4 Å². The molecule has 0 unspecified atom stereocenters. The molecule has 0 saturated heterocycles. The van der Waals surface area contributed by atoms with Crippen LogP contribution in [0.4, 0.5) is 0 Å². The molecule has 121 valence electrons. The Hall–Kier alpha value is -0.890. The predicted molar refractivity (Wildman–Crippen MR) is 89.1 cm³/mol. The molecule has 0 N–H and O–H groups in total. The van der Waals surface area contributed by atoms with E-state index >= 15 is 0 Å². The lowest BCUT2D eigenvalue weighted by Crippen LogP contribution is -2.47. The van der Waals surface area contributed by atoms with Gasteiger partial charge in [-0.15, -0.1) is 10.3 Å². The molecule has 2 rings (SSSR count). The van der Waals surface area contributed by atoms with E-state index in [1.165, 1.54) is 6.26 Å². The van der Waals surface area contributed by atoms with Crippen LogP contribution in [0.5, 0.6) is 0 Å². The van der Waals surface area contributed by atoms with E-state index in [-0.39, 0.29) is 5.75 Å². The van der Waals surface area contributed by atoms with Gasteiger partial charge in [0, 0.05) is 24.4 Å². The summed E-state index contributed by atoms with van der Waals surface area (Å²) in [6.45, 7) is 7.40. The topological polar surface area (TPSA) is 70.2 Å². The van der Waals surface area contributed by atoms with Gasteiger partial charge in [0.05, 0.1) is 11.1 Å². The maximum atomic E-state index is 12.8. The molecule has 1 radical (unpaired) electrons. The average molecular weight is 341 g/mol. The highest BCUT2D eigenvalue weighted by Gasteiger charge is 2.52. The summed E-state index contributed by atoms with van der Waals surface area (Å²) in [5.41, 5.74) is 1.09. The van der Waals surface area contributed by atoms with Gasteiger partial charge in [0.15, 0.2) is 8.87 Å². The van der Waals surface area contributed by atoms with Gasteiger partial charge in [-0.2, -0.15) is 0 Å². The first-order chi connectivity index (χ1) is 9.98. The van der Waals surface area contributed by atoms with Crippen LogP contribution in [0, 0.1) is 0 Å². The van der Waals surface area contributed by atoms with Crippen molar-refractivity contribution in [3.05, 3.63) is 35.7 Å². The van der Waals surface area contributed by atoms with Gasteiger partial charge in [0.25, 0.3) is 0 Å². The van der Waals surface area contributed by atoms with Gasteiger partial charge >= 0.3 is 0 Å². The van der Waals surface area contributed by atoms with Crippen LogP contribution in [0.25, 0.3) is 5.57 Å². The Balaban J connectivity index is 2.60. The standard InChI is InChI=1S/C15H21N2O3S2/c1-14(2)12(10-21-22(5,19)20)13(15(3,4)17(14)18)11-7-6-8-16-9-11/h6-9H,10H2,1-5H3. The number of hydroxylamine groups is 2. The third-order valence-corrected chi connectivity index (χ3v) is 6.51. The smallest absolute Gasteiger partial charge is 0.199 e. The van der Waals surface area contributed by atoms with Gasteiger partial charge in [-0.3, -0.25) is 4.98 Å². The minimum atomic E-state index is -3.18. The zero-order chi connectivity index (χ0) is 16.8. The Morgan fingerprint density at radius 1 is 1.23 bits per heavy atom.